The fourth-order valence-corrected chi connectivity index (χ4v) is 3.15. The van der Waals surface area contributed by atoms with Crippen LogP contribution in [-0.4, -0.2) is 0 Å². The number of aryl methyl sites for hydroxylation is 2. The second kappa shape index (κ2) is 5.73. The molecule has 2 aromatic carbocycles. The molecule has 100 valence electrons. The van der Waals surface area contributed by atoms with E-state index in [1.807, 2.05) is 26.0 Å². The van der Waals surface area contributed by atoms with E-state index in [0.29, 0.717) is 10.0 Å². The van der Waals surface area contributed by atoms with Gasteiger partial charge in [0.25, 0.3) is 0 Å². The van der Waals surface area contributed by atoms with Gasteiger partial charge in [0.1, 0.15) is 5.82 Å². The van der Waals surface area contributed by atoms with Gasteiger partial charge in [0.15, 0.2) is 0 Å². The van der Waals surface area contributed by atoms with Crippen molar-refractivity contribution in [3.8, 4) is 0 Å². The van der Waals surface area contributed by atoms with Crippen LogP contribution in [0.2, 0.25) is 0 Å². The molecular weight excluding hydrogens is 373 g/mol. The van der Waals surface area contributed by atoms with E-state index < -0.39 is 6.04 Å². The fraction of sp³-hybridized carbons (Fsp3) is 0.200. The monoisotopic (exact) mass is 385 g/mol. The molecule has 0 amide bonds. The number of benzene rings is 2. The van der Waals surface area contributed by atoms with Crippen molar-refractivity contribution in [2.45, 2.75) is 19.9 Å². The lowest BCUT2D eigenvalue weighted by molar-refractivity contribution is 0.597. The van der Waals surface area contributed by atoms with Crippen molar-refractivity contribution in [2.75, 3.05) is 0 Å². The van der Waals surface area contributed by atoms with Crippen molar-refractivity contribution in [2.24, 2.45) is 5.73 Å². The molecule has 2 rings (SSSR count). The summed E-state index contributed by atoms with van der Waals surface area (Å²) in [6.07, 6.45) is 0. The molecule has 0 aliphatic rings. The van der Waals surface area contributed by atoms with Crippen LogP contribution < -0.4 is 5.73 Å². The fourth-order valence-electron chi connectivity index (χ4n) is 2.10. The van der Waals surface area contributed by atoms with Gasteiger partial charge >= 0.3 is 0 Å². The second-order valence-electron chi connectivity index (χ2n) is 4.57. The van der Waals surface area contributed by atoms with Gasteiger partial charge in [0, 0.05) is 14.5 Å². The van der Waals surface area contributed by atoms with Gasteiger partial charge in [-0.3, -0.25) is 0 Å². The summed E-state index contributed by atoms with van der Waals surface area (Å²) in [5.74, 6) is -0.290. The zero-order valence-electron chi connectivity index (χ0n) is 10.7. The number of rotatable bonds is 2. The Morgan fingerprint density at radius 2 is 1.74 bits per heavy atom. The predicted molar refractivity (Wildman–Crippen MR) is 83.7 cm³/mol. The smallest absolute Gasteiger partial charge is 0.129 e. The first-order valence-electron chi connectivity index (χ1n) is 5.88. The highest BCUT2D eigenvalue weighted by molar-refractivity contribution is 9.10. The van der Waals surface area contributed by atoms with Gasteiger partial charge in [-0.25, -0.2) is 4.39 Å². The average Bonchev–Trinajstić information content (AvgIpc) is 2.33. The Labute approximate surface area is 129 Å². The Kier molecular flexibility index (Phi) is 4.43. The minimum atomic E-state index is -0.484. The SMILES string of the molecule is Cc1cc(C(N)c2c(F)cccc2Br)c(C)cc1Br. The van der Waals surface area contributed by atoms with Crippen LogP contribution in [0, 0.1) is 19.7 Å². The Balaban J connectivity index is 2.56. The van der Waals surface area contributed by atoms with Crippen LogP contribution in [-0.2, 0) is 0 Å². The number of hydrogen-bond donors (Lipinski definition) is 1. The number of nitrogens with two attached hydrogens (primary N) is 1. The lowest BCUT2D eigenvalue weighted by Gasteiger charge is -2.18. The molecular formula is C15H14Br2FN. The van der Waals surface area contributed by atoms with Crippen LogP contribution in [0.3, 0.4) is 0 Å². The molecule has 0 aliphatic heterocycles. The standard InChI is InChI=1S/C15H14Br2FN/c1-8-7-12(17)9(2)6-10(8)15(19)14-11(16)4-3-5-13(14)18/h3-7,15H,19H2,1-2H3. The van der Waals surface area contributed by atoms with E-state index in [0.717, 1.165) is 21.2 Å². The van der Waals surface area contributed by atoms with Crippen LogP contribution in [0.15, 0.2) is 39.3 Å². The highest BCUT2D eigenvalue weighted by atomic mass is 79.9. The lowest BCUT2D eigenvalue weighted by atomic mass is 9.94. The van der Waals surface area contributed by atoms with Crippen molar-refractivity contribution in [1.82, 2.24) is 0 Å². The van der Waals surface area contributed by atoms with Crippen LogP contribution in [0.25, 0.3) is 0 Å². The Bertz CT molecular complexity index is 606. The Morgan fingerprint density at radius 3 is 2.37 bits per heavy atom. The highest BCUT2D eigenvalue weighted by Gasteiger charge is 2.19. The van der Waals surface area contributed by atoms with Gasteiger partial charge in [-0.1, -0.05) is 44.0 Å². The first-order valence-corrected chi connectivity index (χ1v) is 7.46. The third kappa shape index (κ3) is 2.91. The molecule has 2 aromatic rings. The number of hydrogen-bond acceptors (Lipinski definition) is 1. The summed E-state index contributed by atoms with van der Waals surface area (Å²) >= 11 is 6.86. The van der Waals surface area contributed by atoms with E-state index in [1.165, 1.54) is 6.07 Å². The minimum absolute atomic E-state index is 0.290. The molecule has 0 radical (unpaired) electrons. The summed E-state index contributed by atoms with van der Waals surface area (Å²) in [6.45, 7) is 3.98. The van der Waals surface area contributed by atoms with Gasteiger partial charge in [-0.2, -0.15) is 0 Å². The average molecular weight is 387 g/mol. The molecule has 0 saturated carbocycles. The largest absolute Gasteiger partial charge is 0.320 e. The molecule has 0 aliphatic carbocycles. The summed E-state index contributed by atoms with van der Waals surface area (Å²) < 4.78 is 15.7. The maximum absolute atomic E-state index is 14.0. The topological polar surface area (TPSA) is 26.0 Å². The first kappa shape index (κ1) is 14.7. The normalized spacial score (nSPS) is 12.5. The molecule has 0 saturated heterocycles. The van der Waals surface area contributed by atoms with Gasteiger partial charge in [0.2, 0.25) is 0 Å². The van der Waals surface area contributed by atoms with E-state index in [2.05, 4.69) is 31.9 Å². The van der Waals surface area contributed by atoms with Crippen molar-refractivity contribution < 1.29 is 4.39 Å². The summed E-state index contributed by atoms with van der Waals surface area (Å²) in [4.78, 5) is 0. The molecule has 0 heterocycles. The third-order valence-electron chi connectivity index (χ3n) is 3.19. The zero-order valence-corrected chi connectivity index (χ0v) is 13.8. The zero-order chi connectivity index (χ0) is 14.2. The van der Waals surface area contributed by atoms with Gasteiger partial charge in [0.05, 0.1) is 6.04 Å². The molecule has 0 aromatic heterocycles. The second-order valence-corrected chi connectivity index (χ2v) is 6.28. The molecule has 0 bridgehead atoms. The van der Waals surface area contributed by atoms with Gasteiger partial charge < -0.3 is 5.73 Å². The van der Waals surface area contributed by atoms with Crippen LogP contribution in [0.1, 0.15) is 28.3 Å². The molecule has 19 heavy (non-hydrogen) atoms. The Morgan fingerprint density at radius 1 is 1.05 bits per heavy atom. The predicted octanol–water partition coefficient (Wildman–Crippen LogP) is 5.02. The molecule has 4 heteroatoms. The summed E-state index contributed by atoms with van der Waals surface area (Å²) in [5.41, 5.74) is 9.81. The summed E-state index contributed by atoms with van der Waals surface area (Å²) in [6, 6.07) is 8.43. The maximum Gasteiger partial charge on any atom is 0.129 e. The van der Waals surface area contributed by atoms with Crippen molar-refractivity contribution in [3.63, 3.8) is 0 Å². The van der Waals surface area contributed by atoms with Gasteiger partial charge in [-0.05, 0) is 48.7 Å². The van der Waals surface area contributed by atoms with E-state index in [1.54, 1.807) is 12.1 Å². The van der Waals surface area contributed by atoms with Crippen molar-refractivity contribution in [3.05, 3.63) is 67.3 Å². The van der Waals surface area contributed by atoms with E-state index in [-0.39, 0.29) is 5.82 Å². The molecule has 2 N–H and O–H groups in total. The van der Waals surface area contributed by atoms with Crippen LogP contribution in [0.4, 0.5) is 4.39 Å². The number of halogens is 3. The van der Waals surface area contributed by atoms with Crippen molar-refractivity contribution >= 4 is 31.9 Å². The van der Waals surface area contributed by atoms with Crippen LogP contribution in [0.5, 0.6) is 0 Å². The quantitative estimate of drug-likeness (QED) is 0.770. The molecule has 1 nitrogen and oxygen atoms in total. The molecule has 0 fully saturated rings. The van der Waals surface area contributed by atoms with E-state index >= 15 is 0 Å². The highest BCUT2D eigenvalue weighted by Crippen LogP contribution is 2.32. The third-order valence-corrected chi connectivity index (χ3v) is 4.74. The first-order chi connectivity index (χ1) is 8.91. The van der Waals surface area contributed by atoms with E-state index in [4.69, 9.17) is 5.73 Å². The molecule has 1 atom stereocenters. The van der Waals surface area contributed by atoms with E-state index in [9.17, 15) is 4.39 Å². The van der Waals surface area contributed by atoms with Crippen molar-refractivity contribution in [1.29, 1.82) is 0 Å². The summed E-state index contributed by atoms with van der Waals surface area (Å²) in [5, 5.41) is 0. The maximum atomic E-state index is 14.0. The minimum Gasteiger partial charge on any atom is -0.320 e. The Hall–Kier alpha value is -0.710. The lowest BCUT2D eigenvalue weighted by Crippen LogP contribution is -2.16. The molecule has 0 spiro atoms. The summed E-state index contributed by atoms with van der Waals surface area (Å²) in [7, 11) is 0. The van der Waals surface area contributed by atoms with Gasteiger partial charge in [-0.15, -0.1) is 0 Å². The molecule has 1 unspecified atom stereocenters. The van der Waals surface area contributed by atoms with Crippen LogP contribution >= 0.6 is 31.9 Å².